The van der Waals surface area contributed by atoms with Gasteiger partial charge in [-0.1, -0.05) is 6.07 Å². The first kappa shape index (κ1) is 18.6. The average Bonchev–Trinajstić information content (AvgIpc) is 2.57. The van der Waals surface area contributed by atoms with Crippen molar-refractivity contribution < 1.29 is 14.6 Å². The van der Waals surface area contributed by atoms with E-state index in [9.17, 15) is 25.0 Å². The fourth-order valence-electron chi connectivity index (χ4n) is 1.70. The average molecular weight is 332 g/mol. The van der Waals surface area contributed by atoms with Crippen molar-refractivity contribution in [1.29, 1.82) is 0 Å². The third-order valence-corrected chi connectivity index (χ3v) is 3.12. The number of aryl methyl sites for hydroxylation is 1. The van der Waals surface area contributed by atoms with E-state index in [1.54, 1.807) is 0 Å². The highest BCUT2D eigenvalue weighted by molar-refractivity contribution is 5.82. The van der Waals surface area contributed by atoms with Gasteiger partial charge in [0.2, 0.25) is 0 Å². The monoisotopic (exact) mass is 332 g/mol. The molecule has 0 aliphatic carbocycles. The van der Waals surface area contributed by atoms with Crippen molar-refractivity contribution in [3.05, 3.63) is 67.8 Å². The van der Waals surface area contributed by atoms with Gasteiger partial charge in [0, 0.05) is 24.5 Å². The lowest BCUT2D eigenvalue weighted by Gasteiger charge is -2.02. The number of nitro benzene ring substituents is 2. The minimum Gasteiger partial charge on any atom is -0.398 e. The summed E-state index contributed by atoms with van der Waals surface area (Å²) < 4.78 is 0. The highest BCUT2D eigenvalue weighted by Gasteiger charge is 2.18. The molecule has 2 aromatic carbocycles. The molecule has 126 valence electrons. The molecular formula is C15H16N4O5. The van der Waals surface area contributed by atoms with Crippen LogP contribution in [0.25, 0.3) is 0 Å². The van der Waals surface area contributed by atoms with Gasteiger partial charge in [-0.2, -0.15) is 0 Å². The molecule has 0 aromatic heterocycles. The van der Waals surface area contributed by atoms with E-state index in [-0.39, 0.29) is 11.8 Å². The topological polar surface area (TPSA) is 141 Å². The molecule has 0 saturated carbocycles. The van der Waals surface area contributed by atoms with E-state index in [0.29, 0.717) is 0 Å². The molecule has 9 heteroatoms. The van der Waals surface area contributed by atoms with E-state index in [0.717, 1.165) is 35.1 Å². The summed E-state index contributed by atoms with van der Waals surface area (Å²) in [5.74, 6) is 0. The molecule has 0 aliphatic heterocycles. The zero-order chi connectivity index (χ0) is 18.3. The van der Waals surface area contributed by atoms with E-state index in [2.05, 4.69) is 5.32 Å². The zero-order valence-electron chi connectivity index (χ0n) is 13.1. The van der Waals surface area contributed by atoms with Crippen molar-refractivity contribution in [2.75, 3.05) is 18.1 Å². The van der Waals surface area contributed by atoms with Gasteiger partial charge in [0.25, 0.3) is 11.4 Å². The van der Waals surface area contributed by atoms with Crippen LogP contribution >= 0.6 is 0 Å². The number of rotatable bonds is 4. The molecular weight excluding hydrogens is 316 g/mol. The van der Waals surface area contributed by atoms with Crippen LogP contribution < -0.4 is 11.1 Å². The first-order chi connectivity index (χ1) is 11.3. The lowest BCUT2D eigenvalue weighted by atomic mass is 10.2. The van der Waals surface area contributed by atoms with E-state index >= 15 is 0 Å². The number of nitrogens with zero attached hydrogens (tertiary/aromatic N) is 2. The van der Waals surface area contributed by atoms with Crippen LogP contribution in [-0.4, -0.2) is 23.2 Å². The number of hydrogen-bond acceptors (Lipinski definition) is 7. The Morgan fingerprint density at radius 2 is 1.75 bits per heavy atom. The SMILES string of the molecule is CNc1ccc(C)c(N)c1.O=Cc1ccc([N+](=O)[O-])cc1[N+](=O)[O-]. The van der Waals surface area contributed by atoms with Gasteiger partial charge in [-0.25, -0.2) is 0 Å². The lowest BCUT2D eigenvalue weighted by molar-refractivity contribution is -0.394. The number of hydrogen-bond donors (Lipinski definition) is 2. The molecule has 0 saturated heterocycles. The Kier molecular flexibility index (Phi) is 6.36. The number of non-ortho nitro benzene ring substituents is 1. The van der Waals surface area contributed by atoms with Crippen LogP contribution in [0, 0.1) is 27.2 Å². The van der Waals surface area contributed by atoms with Gasteiger partial charge >= 0.3 is 0 Å². The van der Waals surface area contributed by atoms with Crippen molar-refractivity contribution in [2.24, 2.45) is 0 Å². The van der Waals surface area contributed by atoms with Crippen LogP contribution in [0.4, 0.5) is 22.7 Å². The zero-order valence-corrected chi connectivity index (χ0v) is 13.1. The molecule has 9 nitrogen and oxygen atoms in total. The molecule has 0 aliphatic rings. The van der Waals surface area contributed by atoms with E-state index in [1.807, 2.05) is 32.2 Å². The molecule has 0 heterocycles. The van der Waals surface area contributed by atoms with Crippen LogP contribution in [-0.2, 0) is 0 Å². The molecule has 0 fully saturated rings. The molecule has 2 rings (SSSR count). The third kappa shape index (κ3) is 4.77. The maximum Gasteiger partial charge on any atom is 0.286 e. The summed E-state index contributed by atoms with van der Waals surface area (Å²) in [5.41, 5.74) is 7.52. The Morgan fingerprint density at radius 1 is 1.08 bits per heavy atom. The van der Waals surface area contributed by atoms with Gasteiger partial charge in [-0.15, -0.1) is 0 Å². The largest absolute Gasteiger partial charge is 0.398 e. The predicted molar refractivity (Wildman–Crippen MR) is 90.3 cm³/mol. The number of nitrogens with two attached hydrogens (primary N) is 1. The molecule has 2 aromatic rings. The maximum absolute atomic E-state index is 10.4. The van der Waals surface area contributed by atoms with Gasteiger partial charge in [-0.05, 0) is 30.7 Å². The Balaban J connectivity index is 0.000000254. The molecule has 3 N–H and O–H groups in total. The van der Waals surface area contributed by atoms with Crippen molar-refractivity contribution in [3.63, 3.8) is 0 Å². The summed E-state index contributed by atoms with van der Waals surface area (Å²) in [7, 11) is 1.88. The molecule has 0 radical (unpaired) electrons. The smallest absolute Gasteiger partial charge is 0.286 e. The Hall–Kier alpha value is -3.49. The quantitative estimate of drug-likeness (QED) is 0.379. The van der Waals surface area contributed by atoms with Gasteiger partial charge in [0.05, 0.1) is 21.5 Å². The fraction of sp³-hybridized carbons (Fsp3) is 0.133. The summed E-state index contributed by atoms with van der Waals surface area (Å²) in [6.07, 6.45) is 0.280. The van der Waals surface area contributed by atoms with Gasteiger partial charge in [0.15, 0.2) is 6.29 Å². The summed E-state index contributed by atoms with van der Waals surface area (Å²) in [6, 6.07) is 8.77. The number of nitrogen functional groups attached to an aromatic ring is 1. The van der Waals surface area contributed by atoms with Crippen molar-refractivity contribution in [2.45, 2.75) is 6.92 Å². The molecule has 0 amide bonds. The predicted octanol–water partition coefficient (Wildman–Crippen LogP) is 2.93. The summed E-state index contributed by atoms with van der Waals surface area (Å²) in [6.45, 7) is 1.99. The lowest BCUT2D eigenvalue weighted by Crippen LogP contribution is -1.96. The summed E-state index contributed by atoms with van der Waals surface area (Å²) in [5, 5.41) is 23.7. The molecule has 0 bridgehead atoms. The molecule has 24 heavy (non-hydrogen) atoms. The van der Waals surface area contributed by atoms with Crippen LogP contribution in [0.5, 0.6) is 0 Å². The van der Waals surface area contributed by atoms with Crippen LogP contribution in [0.2, 0.25) is 0 Å². The van der Waals surface area contributed by atoms with Gasteiger partial charge in [-0.3, -0.25) is 25.0 Å². The Labute approximate surface area is 137 Å². The number of carbonyl (C=O) groups is 1. The van der Waals surface area contributed by atoms with Crippen molar-refractivity contribution in [3.8, 4) is 0 Å². The first-order valence-corrected chi connectivity index (χ1v) is 6.72. The second-order valence-corrected chi connectivity index (χ2v) is 4.70. The maximum atomic E-state index is 10.4. The second kappa shape index (κ2) is 8.22. The summed E-state index contributed by atoms with van der Waals surface area (Å²) in [4.78, 5) is 29.4. The third-order valence-electron chi connectivity index (χ3n) is 3.12. The highest BCUT2D eigenvalue weighted by atomic mass is 16.6. The molecule has 0 atom stereocenters. The van der Waals surface area contributed by atoms with Crippen LogP contribution in [0.1, 0.15) is 15.9 Å². The molecule has 0 spiro atoms. The number of aldehydes is 1. The van der Waals surface area contributed by atoms with E-state index < -0.39 is 21.2 Å². The fourth-order valence-corrected chi connectivity index (χ4v) is 1.70. The minimum absolute atomic E-state index is 0.180. The van der Waals surface area contributed by atoms with Gasteiger partial charge < -0.3 is 11.1 Å². The number of carbonyl (C=O) groups excluding carboxylic acids is 1. The number of nitro groups is 2. The van der Waals surface area contributed by atoms with Crippen LogP contribution in [0.3, 0.4) is 0 Å². The van der Waals surface area contributed by atoms with Crippen molar-refractivity contribution >= 4 is 29.0 Å². The standard InChI is InChI=1S/C8H12N2.C7H4N2O5/c1-6-3-4-7(10-2)5-8(6)9;10-4-5-1-2-6(8(11)12)3-7(5)9(13)14/h3-5,10H,9H2,1-2H3;1-4H. The second-order valence-electron chi connectivity index (χ2n) is 4.70. The Bertz CT molecular complexity index is 776. The molecule has 0 unspecified atom stereocenters. The van der Waals surface area contributed by atoms with Crippen molar-refractivity contribution in [1.82, 2.24) is 0 Å². The normalized spacial score (nSPS) is 9.42. The van der Waals surface area contributed by atoms with Crippen LogP contribution in [0.15, 0.2) is 36.4 Å². The number of benzene rings is 2. The summed E-state index contributed by atoms with van der Waals surface area (Å²) >= 11 is 0. The Morgan fingerprint density at radius 3 is 2.21 bits per heavy atom. The first-order valence-electron chi connectivity index (χ1n) is 6.72. The number of nitrogens with one attached hydrogen (secondary N) is 1. The van der Waals surface area contributed by atoms with Gasteiger partial charge in [0.1, 0.15) is 0 Å². The highest BCUT2D eigenvalue weighted by Crippen LogP contribution is 2.22. The number of anilines is 2. The van der Waals surface area contributed by atoms with E-state index in [1.165, 1.54) is 0 Å². The minimum atomic E-state index is -0.837. The van der Waals surface area contributed by atoms with E-state index in [4.69, 9.17) is 5.73 Å².